The Hall–Kier alpha value is -1.97. The van der Waals surface area contributed by atoms with E-state index in [0.29, 0.717) is 5.82 Å². The van der Waals surface area contributed by atoms with E-state index < -0.39 is 0 Å². The van der Waals surface area contributed by atoms with Gasteiger partial charge in [0.15, 0.2) is 0 Å². The van der Waals surface area contributed by atoms with Crippen LogP contribution in [0.25, 0.3) is 11.4 Å². The van der Waals surface area contributed by atoms with E-state index >= 15 is 0 Å². The van der Waals surface area contributed by atoms with Gasteiger partial charge in [0, 0.05) is 18.2 Å². The van der Waals surface area contributed by atoms with Crippen LogP contribution in [-0.4, -0.2) is 15.0 Å². The molecule has 0 fully saturated rings. The third-order valence-electron chi connectivity index (χ3n) is 2.61. The number of nitrogens with two attached hydrogens (primary N) is 1. The van der Waals surface area contributed by atoms with Crippen LogP contribution < -0.4 is 5.73 Å². The lowest BCUT2D eigenvalue weighted by atomic mass is 10.1. The predicted molar refractivity (Wildman–Crippen MR) is 68.4 cm³/mol. The largest absolute Gasteiger partial charge is 0.383 e. The summed E-state index contributed by atoms with van der Waals surface area (Å²) in [6.45, 7) is 4.02. The van der Waals surface area contributed by atoms with E-state index in [1.165, 1.54) is 0 Å². The van der Waals surface area contributed by atoms with E-state index in [4.69, 9.17) is 5.73 Å². The number of rotatable bonds is 3. The zero-order chi connectivity index (χ0) is 12.3. The number of hydrogen-bond acceptors (Lipinski definition) is 4. The van der Waals surface area contributed by atoms with Gasteiger partial charge in [-0.2, -0.15) is 0 Å². The van der Waals surface area contributed by atoms with Crippen molar-refractivity contribution in [3.05, 3.63) is 35.8 Å². The molecule has 88 valence electrons. The van der Waals surface area contributed by atoms with Crippen LogP contribution >= 0.6 is 0 Å². The van der Waals surface area contributed by atoms with Gasteiger partial charge in [0.25, 0.3) is 0 Å². The molecule has 0 aliphatic carbocycles. The fourth-order valence-electron chi connectivity index (χ4n) is 1.67. The Kier molecular flexibility index (Phi) is 3.32. The van der Waals surface area contributed by atoms with Crippen LogP contribution in [0.15, 0.2) is 24.4 Å². The number of nitrogens with zero attached hydrogens (tertiary/aromatic N) is 3. The summed E-state index contributed by atoms with van der Waals surface area (Å²) < 4.78 is 0. The summed E-state index contributed by atoms with van der Waals surface area (Å²) in [5.41, 5.74) is 8.48. The van der Waals surface area contributed by atoms with Crippen LogP contribution in [0.4, 0.5) is 5.82 Å². The molecule has 4 heteroatoms. The Balaban J connectivity index is 2.53. The summed E-state index contributed by atoms with van der Waals surface area (Å²) in [6, 6.07) is 5.76. The van der Waals surface area contributed by atoms with Crippen LogP contribution in [0.3, 0.4) is 0 Å². The molecular formula is C13H16N4. The standard InChI is InChI=1S/C13H16N4/c1-3-6-11-16-12(9(2)13(14)17-11)10-7-4-5-8-15-10/h4-5,7-8H,3,6H2,1-2H3,(H2,14,16,17). The number of aryl methyl sites for hydroxylation is 1. The van der Waals surface area contributed by atoms with Crippen molar-refractivity contribution in [3.63, 3.8) is 0 Å². The van der Waals surface area contributed by atoms with Crippen molar-refractivity contribution in [1.82, 2.24) is 15.0 Å². The van der Waals surface area contributed by atoms with E-state index in [0.717, 1.165) is 35.6 Å². The first kappa shape index (κ1) is 11.5. The van der Waals surface area contributed by atoms with Crippen LogP contribution in [-0.2, 0) is 6.42 Å². The highest BCUT2D eigenvalue weighted by Gasteiger charge is 2.10. The van der Waals surface area contributed by atoms with Crippen molar-refractivity contribution in [2.24, 2.45) is 0 Å². The molecule has 0 spiro atoms. The zero-order valence-corrected chi connectivity index (χ0v) is 10.1. The van der Waals surface area contributed by atoms with Crippen LogP contribution in [0.5, 0.6) is 0 Å². The molecule has 0 aliphatic heterocycles. The molecule has 0 saturated heterocycles. The third kappa shape index (κ3) is 2.41. The quantitative estimate of drug-likeness (QED) is 0.876. The summed E-state index contributed by atoms with van der Waals surface area (Å²) in [4.78, 5) is 13.1. The van der Waals surface area contributed by atoms with E-state index in [9.17, 15) is 0 Å². The van der Waals surface area contributed by atoms with Gasteiger partial charge in [0.1, 0.15) is 11.6 Å². The second kappa shape index (κ2) is 4.91. The molecule has 2 N–H and O–H groups in total. The Morgan fingerprint density at radius 2 is 2.06 bits per heavy atom. The maximum atomic E-state index is 5.91. The summed E-state index contributed by atoms with van der Waals surface area (Å²) in [6.07, 6.45) is 3.60. The summed E-state index contributed by atoms with van der Waals surface area (Å²) in [5.74, 6) is 1.33. The molecule has 0 atom stereocenters. The minimum atomic E-state index is 0.545. The second-order valence-corrected chi connectivity index (χ2v) is 3.96. The van der Waals surface area contributed by atoms with Crippen molar-refractivity contribution in [2.45, 2.75) is 26.7 Å². The van der Waals surface area contributed by atoms with Gasteiger partial charge in [0.05, 0.1) is 11.4 Å². The topological polar surface area (TPSA) is 64.7 Å². The maximum Gasteiger partial charge on any atom is 0.131 e. The smallest absolute Gasteiger partial charge is 0.131 e. The summed E-state index contributed by atoms with van der Waals surface area (Å²) >= 11 is 0. The van der Waals surface area contributed by atoms with Crippen LogP contribution in [0, 0.1) is 6.92 Å². The Bertz CT molecular complexity index is 508. The lowest BCUT2D eigenvalue weighted by molar-refractivity contribution is 0.835. The van der Waals surface area contributed by atoms with Gasteiger partial charge in [-0.3, -0.25) is 4.98 Å². The van der Waals surface area contributed by atoms with Crippen molar-refractivity contribution >= 4 is 5.82 Å². The monoisotopic (exact) mass is 228 g/mol. The van der Waals surface area contributed by atoms with Gasteiger partial charge in [0.2, 0.25) is 0 Å². The first-order valence-electron chi connectivity index (χ1n) is 5.76. The lowest BCUT2D eigenvalue weighted by Gasteiger charge is -2.08. The Morgan fingerprint density at radius 3 is 2.71 bits per heavy atom. The fraction of sp³-hybridized carbons (Fsp3) is 0.308. The van der Waals surface area contributed by atoms with Gasteiger partial charge in [-0.15, -0.1) is 0 Å². The predicted octanol–water partition coefficient (Wildman–Crippen LogP) is 2.38. The maximum absolute atomic E-state index is 5.91. The number of nitrogen functional groups attached to an aromatic ring is 1. The average molecular weight is 228 g/mol. The number of pyridine rings is 1. The summed E-state index contributed by atoms with van der Waals surface area (Å²) in [5, 5.41) is 0. The molecule has 0 aliphatic rings. The number of anilines is 1. The number of hydrogen-bond donors (Lipinski definition) is 1. The van der Waals surface area contributed by atoms with Crippen molar-refractivity contribution in [3.8, 4) is 11.4 Å². The second-order valence-electron chi connectivity index (χ2n) is 3.96. The fourth-order valence-corrected chi connectivity index (χ4v) is 1.67. The molecule has 0 unspecified atom stereocenters. The van der Waals surface area contributed by atoms with Gasteiger partial charge < -0.3 is 5.73 Å². The molecule has 2 aromatic rings. The highest BCUT2D eigenvalue weighted by molar-refractivity contribution is 5.63. The highest BCUT2D eigenvalue weighted by Crippen LogP contribution is 2.22. The van der Waals surface area contributed by atoms with Gasteiger partial charge in [-0.1, -0.05) is 13.0 Å². The van der Waals surface area contributed by atoms with E-state index in [1.54, 1.807) is 6.20 Å². The molecule has 2 rings (SSSR count). The van der Waals surface area contributed by atoms with E-state index in [2.05, 4.69) is 21.9 Å². The van der Waals surface area contributed by atoms with Crippen LogP contribution in [0.2, 0.25) is 0 Å². The Labute approximate surface area is 101 Å². The van der Waals surface area contributed by atoms with Crippen molar-refractivity contribution in [1.29, 1.82) is 0 Å². The number of aromatic nitrogens is 3. The van der Waals surface area contributed by atoms with E-state index in [1.807, 2.05) is 25.1 Å². The molecule has 0 radical (unpaired) electrons. The first-order valence-corrected chi connectivity index (χ1v) is 5.76. The first-order chi connectivity index (χ1) is 8.22. The third-order valence-corrected chi connectivity index (χ3v) is 2.61. The van der Waals surface area contributed by atoms with Crippen LogP contribution in [0.1, 0.15) is 24.7 Å². The minimum Gasteiger partial charge on any atom is -0.383 e. The van der Waals surface area contributed by atoms with Crippen molar-refractivity contribution in [2.75, 3.05) is 5.73 Å². The van der Waals surface area contributed by atoms with E-state index in [-0.39, 0.29) is 0 Å². The molecule has 2 heterocycles. The normalized spacial score (nSPS) is 10.5. The molecule has 0 bridgehead atoms. The molecular weight excluding hydrogens is 212 g/mol. The Morgan fingerprint density at radius 1 is 1.24 bits per heavy atom. The molecule has 0 saturated carbocycles. The SMILES string of the molecule is CCCc1nc(N)c(C)c(-c2ccccn2)n1. The van der Waals surface area contributed by atoms with Crippen molar-refractivity contribution < 1.29 is 0 Å². The molecule has 0 amide bonds. The van der Waals surface area contributed by atoms with Gasteiger partial charge in [-0.25, -0.2) is 9.97 Å². The van der Waals surface area contributed by atoms with Gasteiger partial charge >= 0.3 is 0 Å². The summed E-state index contributed by atoms with van der Waals surface area (Å²) in [7, 11) is 0. The molecule has 17 heavy (non-hydrogen) atoms. The highest BCUT2D eigenvalue weighted by atomic mass is 15.0. The van der Waals surface area contributed by atoms with Gasteiger partial charge in [-0.05, 0) is 25.5 Å². The molecule has 0 aromatic carbocycles. The minimum absolute atomic E-state index is 0.545. The lowest BCUT2D eigenvalue weighted by Crippen LogP contribution is -2.05. The molecule has 2 aromatic heterocycles. The average Bonchev–Trinajstić information content (AvgIpc) is 2.35. The molecule has 4 nitrogen and oxygen atoms in total. The zero-order valence-electron chi connectivity index (χ0n) is 10.1.